The van der Waals surface area contributed by atoms with Crippen LogP contribution in [-0.4, -0.2) is 86.4 Å². The summed E-state index contributed by atoms with van der Waals surface area (Å²) in [6.45, 7) is 0.654. The van der Waals surface area contributed by atoms with Crippen LogP contribution in [0.3, 0.4) is 0 Å². The molecule has 7 N–H and O–H groups in total. The van der Waals surface area contributed by atoms with Crippen LogP contribution >= 0.6 is 0 Å². The molecule has 1 aliphatic carbocycles. The fraction of sp³-hybridized carbons (Fsp3) is 0.522. The summed E-state index contributed by atoms with van der Waals surface area (Å²) in [5.41, 5.74) is 0.783. The lowest BCUT2D eigenvalue weighted by Crippen LogP contribution is -2.58. The molecule has 1 saturated carbocycles. The molecule has 2 fully saturated rings. The number of piperidine rings is 2. The van der Waals surface area contributed by atoms with Crippen LogP contribution < -0.4 is 31.9 Å². The summed E-state index contributed by atoms with van der Waals surface area (Å²) in [4.78, 5) is 59.3. The van der Waals surface area contributed by atoms with E-state index < -0.39 is 48.9 Å². The maximum atomic E-state index is 12.8. The molecule has 0 radical (unpaired) electrons. The minimum absolute atomic E-state index is 0.0625. The molecular weight excluding hydrogens is 472 g/mol. The molecule has 1 heterocycles. The molecule has 0 aromatic heterocycles. The number of fused-ring (bicyclic) bond motifs is 2. The highest BCUT2D eigenvalue weighted by atomic mass is 16.5. The van der Waals surface area contributed by atoms with Crippen molar-refractivity contribution < 1.29 is 33.8 Å². The van der Waals surface area contributed by atoms with E-state index in [0.717, 1.165) is 25.1 Å². The van der Waals surface area contributed by atoms with E-state index in [1.165, 1.54) is 0 Å². The van der Waals surface area contributed by atoms with Crippen molar-refractivity contribution >= 4 is 29.7 Å². The number of ether oxygens (including phenoxy) is 1. The van der Waals surface area contributed by atoms with E-state index in [1.807, 2.05) is 11.4 Å². The average molecular weight is 505 g/mol. The molecule has 1 aliphatic heterocycles. The summed E-state index contributed by atoms with van der Waals surface area (Å²) in [5, 5.41) is 23.7. The van der Waals surface area contributed by atoms with Gasteiger partial charge >= 0.3 is 6.09 Å². The molecule has 36 heavy (non-hydrogen) atoms. The molecule has 2 aliphatic rings. The highest BCUT2D eigenvalue weighted by Crippen LogP contribution is 2.38. The standard InChI is InChI=1S/C23H32N6O7/c30-18(11-27-23(34)35)25-12-20(32)29-17(6-14-4-2-1-3-5-14)22(33)26-10-19(31)28-13-36-21-15-7-16(21)9-24-8-15/h1-5,15-17,21,24,27H,6-13H2,(H,25,30)(H,26,33)(H,28,31)(H,29,32)(H,34,35)/t15?,16?,17-,21?/m0/s1. The Balaban J connectivity index is 1.43. The normalized spacial score (nSPS) is 20.7. The third kappa shape index (κ3) is 8.50. The Morgan fingerprint density at radius 2 is 1.53 bits per heavy atom. The Kier molecular flexibility index (Phi) is 10.0. The van der Waals surface area contributed by atoms with Gasteiger partial charge in [0.2, 0.25) is 23.6 Å². The maximum Gasteiger partial charge on any atom is 0.405 e. The van der Waals surface area contributed by atoms with E-state index in [0.29, 0.717) is 11.8 Å². The second-order valence-corrected chi connectivity index (χ2v) is 8.75. The van der Waals surface area contributed by atoms with E-state index >= 15 is 0 Å². The summed E-state index contributed by atoms with van der Waals surface area (Å²) in [6, 6.07) is 7.99. The molecule has 13 heteroatoms. The zero-order valence-electron chi connectivity index (χ0n) is 19.7. The second-order valence-electron chi connectivity index (χ2n) is 8.75. The molecule has 2 bridgehead atoms. The Morgan fingerprint density at radius 3 is 2.19 bits per heavy atom. The molecule has 1 aromatic carbocycles. The van der Waals surface area contributed by atoms with Crippen molar-refractivity contribution in [2.75, 3.05) is 39.5 Å². The number of hydrogen-bond acceptors (Lipinski definition) is 7. The largest absolute Gasteiger partial charge is 0.465 e. The van der Waals surface area contributed by atoms with Crippen LogP contribution in [-0.2, 0) is 30.3 Å². The third-order valence-corrected chi connectivity index (χ3v) is 6.10. The monoisotopic (exact) mass is 504 g/mol. The minimum atomic E-state index is -1.37. The van der Waals surface area contributed by atoms with Crippen molar-refractivity contribution in [3.05, 3.63) is 35.9 Å². The number of hydrogen-bond donors (Lipinski definition) is 7. The first kappa shape index (κ1) is 26.9. The van der Waals surface area contributed by atoms with Crippen molar-refractivity contribution in [1.29, 1.82) is 0 Å². The highest BCUT2D eigenvalue weighted by Gasteiger charge is 2.44. The number of carboxylic acid groups (broad SMARTS) is 1. The Morgan fingerprint density at radius 1 is 0.889 bits per heavy atom. The van der Waals surface area contributed by atoms with Crippen LogP contribution in [0.4, 0.5) is 4.79 Å². The molecule has 1 aromatic rings. The van der Waals surface area contributed by atoms with Gasteiger partial charge in [-0.2, -0.15) is 0 Å². The SMILES string of the molecule is O=C(O)NCC(=O)NCC(=O)N[C@@H](Cc1ccccc1)C(=O)NCC(=O)NCOC1C2CNCC1C2. The number of carbonyl (C=O) groups is 5. The molecule has 0 spiro atoms. The molecule has 5 amide bonds. The summed E-state index contributed by atoms with van der Waals surface area (Å²) >= 11 is 0. The smallest absolute Gasteiger partial charge is 0.405 e. The molecular formula is C23H32N6O7. The van der Waals surface area contributed by atoms with Crippen LogP contribution in [0.1, 0.15) is 12.0 Å². The van der Waals surface area contributed by atoms with Crippen LogP contribution in [0.5, 0.6) is 0 Å². The number of carbonyl (C=O) groups excluding carboxylic acids is 4. The summed E-state index contributed by atoms with van der Waals surface area (Å²) in [5.74, 6) is -1.39. The number of rotatable bonds is 13. The number of benzene rings is 1. The minimum Gasteiger partial charge on any atom is -0.465 e. The fourth-order valence-electron chi connectivity index (χ4n) is 4.24. The van der Waals surface area contributed by atoms with Gasteiger partial charge < -0.3 is 41.7 Å². The van der Waals surface area contributed by atoms with Crippen molar-refractivity contribution in [2.24, 2.45) is 11.8 Å². The molecule has 1 saturated heterocycles. The Labute approximate surface area is 208 Å². The van der Waals surface area contributed by atoms with Gasteiger partial charge in [-0.15, -0.1) is 0 Å². The van der Waals surface area contributed by atoms with Gasteiger partial charge in [0, 0.05) is 19.5 Å². The average Bonchev–Trinajstić information content (AvgIpc) is 2.87. The second kappa shape index (κ2) is 13.4. The van der Waals surface area contributed by atoms with E-state index in [-0.39, 0.29) is 25.8 Å². The van der Waals surface area contributed by atoms with E-state index in [4.69, 9.17) is 9.84 Å². The Hall–Kier alpha value is -3.71. The van der Waals surface area contributed by atoms with Gasteiger partial charge in [-0.3, -0.25) is 19.2 Å². The molecule has 3 rings (SSSR count). The van der Waals surface area contributed by atoms with E-state index in [9.17, 15) is 24.0 Å². The first-order valence-electron chi connectivity index (χ1n) is 11.8. The summed E-state index contributed by atoms with van der Waals surface area (Å²) in [7, 11) is 0. The number of nitrogens with one attached hydrogen (secondary N) is 6. The fourth-order valence-corrected chi connectivity index (χ4v) is 4.24. The molecule has 3 atom stereocenters. The van der Waals surface area contributed by atoms with Gasteiger partial charge in [0.25, 0.3) is 0 Å². The van der Waals surface area contributed by atoms with Gasteiger partial charge in [0.1, 0.15) is 12.8 Å². The Bertz CT molecular complexity index is 930. The topological polar surface area (TPSA) is 187 Å². The predicted octanol–water partition coefficient (Wildman–Crippen LogP) is -2.09. The van der Waals surface area contributed by atoms with Crippen LogP contribution in [0.2, 0.25) is 0 Å². The van der Waals surface area contributed by atoms with Crippen LogP contribution in [0, 0.1) is 11.8 Å². The third-order valence-electron chi connectivity index (χ3n) is 6.10. The van der Waals surface area contributed by atoms with Crippen molar-refractivity contribution in [3.8, 4) is 0 Å². The maximum absolute atomic E-state index is 12.8. The van der Waals surface area contributed by atoms with Gasteiger partial charge in [0.05, 0.1) is 25.7 Å². The van der Waals surface area contributed by atoms with Gasteiger partial charge in [-0.25, -0.2) is 4.79 Å². The quantitative estimate of drug-likeness (QED) is 0.149. The summed E-state index contributed by atoms with van der Waals surface area (Å²) in [6.07, 6.45) is 0.0783. The zero-order valence-corrected chi connectivity index (χ0v) is 19.7. The number of amides is 5. The van der Waals surface area contributed by atoms with Gasteiger partial charge in [0.15, 0.2) is 0 Å². The lowest BCUT2D eigenvalue weighted by atomic mass is 9.69. The highest BCUT2D eigenvalue weighted by molar-refractivity contribution is 5.92. The van der Waals surface area contributed by atoms with Crippen molar-refractivity contribution in [3.63, 3.8) is 0 Å². The van der Waals surface area contributed by atoms with Gasteiger partial charge in [-0.1, -0.05) is 30.3 Å². The first-order valence-corrected chi connectivity index (χ1v) is 11.8. The predicted molar refractivity (Wildman–Crippen MR) is 126 cm³/mol. The van der Waals surface area contributed by atoms with Crippen molar-refractivity contribution in [2.45, 2.75) is 25.0 Å². The van der Waals surface area contributed by atoms with Crippen LogP contribution in [0.25, 0.3) is 0 Å². The van der Waals surface area contributed by atoms with E-state index in [2.05, 4.69) is 26.6 Å². The van der Waals surface area contributed by atoms with Crippen molar-refractivity contribution in [1.82, 2.24) is 31.9 Å². The first-order chi connectivity index (χ1) is 17.3. The molecule has 196 valence electrons. The van der Waals surface area contributed by atoms with E-state index in [1.54, 1.807) is 24.3 Å². The molecule has 2 unspecified atom stereocenters. The zero-order chi connectivity index (χ0) is 25.9. The molecule has 13 nitrogen and oxygen atoms in total. The summed E-state index contributed by atoms with van der Waals surface area (Å²) < 4.78 is 5.76. The van der Waals surface area contributed by atoms with Crippen LogP contribution in [0.15, 0.2) is 30.3 Å². The lowest BCUT2D eigenvalue weighted by Gasteiger charge is -2.49. The lowest BCUT2D eigenvalue weighted by molar-refractivity contribution is -0.135. The van der Waals surface area contributed by atoms with Gasteiger partial charge in [-0.05, 0) is 23.8 Å².